The summed E-state index contributed by atoms with van der Waals surface area (Å²) in [6, 6.07) is 11.0. The van der Waals surface area contributed by atoms with Crippen LogP contribution in [0.5, 0.6) is 5.75 Å². The number of para-hydroxylation sites is 1. The number of likely N-dealkylation sites (tertiary alicyclic amines) is 1. The van der Waals surface area contributed by atoms with Crippen LogP contribution >= 0.6 is 0 Å². The Morgan fingerprint density at radius 1 is 1.02 bits per heavy atom. The van der Waals surface area contributed by atoms with Crippen molar-refractivity contribution in [2.75, 3.05) is 45.9 Å². The monoisotopic (exact) mass is 646 g/mol. The van der Waals surface area contributed by atoms with Crippen molar-refractivity contribution in [3.63, 3.8) is 0 Å². The van der Waals surface area contributed by atoms with Crippen molar-refractivity contribution in [3.05, 3.63) is 66.1 Å². The summed E-state index contributed by atoms with van der Waals surface area (Å²) in [7, 11) is 0. The summed E-state index contributed by atoms with van der Waals surface area (Å²) < 4.78 is 11.1. The van der Waals surface area contributed by atoms with Gasteiger partial charge in [0, 0.05) is 63.0 Å². The van der Waals surface area contributed by atoms with Crippen molar-refractivity contribution >= 4 is 40.7 Å². The van der Waals surface area contributed by atoms with Crippen molar-refractivity contribution in [1.82, 2.24) is 30.0 Å². The fourth-order valence-corrected chi connectivity index (χ4v) is 5.89. The maximum absolute atomic E-state index is 13.5. The quantitative estimate of drug-likeness (QED) is 0.316. The molecule has 2 aliphatic rings. The molecule has 0 radical (unpaired) electrons. The van der Waals surface area contributed by atoms with E-state index in [1.54, 1.807) is 48.5 Å². The van der Waals surface area contributed by atoms with Gasteiger partial charge in [-0.25, -0.2) is 9.78 Å². The Hall–Kier alpha value is -5.27. The van der Waals surface area contributed by atoms with Crippen molar-refractivity contribution in [2.45, 2.75) is 44.7 Å². The number of carboxylic acid groups (broad SMARTS) is 1. The highest BCUT2D eigenvalue weighted by Crippen LogP contribution is 2.32. The highest BCUT2D eigenvalue weighted by molar-refractivity contribution is 5.99. The lowest BCUT2D eigenvalue weighted by molar-refractivity contribution is -0.138. The summed E-state index contributed by atoms with van der Waals surface area (Å²) in [5.41, 5.74) is 1.35. The minimum absolute atomic E-state index is 0.0548. The van der Waals surface area contributed by atoms with Gasteiger partial charge in [0.05, 0.1) is 18.2 Å². The van der Waals surface area contributed by atoms with E-state index in [2.05, 4.69) is 15.3 Å². The SMILES string of the molecule is CCOC(=O)N1CCN(C(=O)C(CCC(=O)O)NC(=O)c2cc(OCC(=O)N3CCC[C@H]3c3cccnc3)c3ccccc3n2)CC1. The largest absolute Gasteiger partial charge is 0.483 e. The molecule has 14 heteroatoms. The first-order chi connectivity index (χ1) is 22.7. The van der Waals surface area contributed by atoms with Gasteiger partial charge in [-0.05, 0) is 49.9 Å². The summed E-state index contributed by atoms with van der Waals surface area (Å²) in [6.07, 6.45) is 4.17. The van der Waals surface area contributed by atoms with E-state index in [-0.39, 0.29) is 75.6 Å². The third-order valence-corrected chi connectivity index (χ3v) is 8.27. The molecule has 1 aromatic carbocycles. The standard InChI is InChI=1S/C33H38N6O8/c1-2-46-33(45)38-17-15-37(16-18-38)32(44)25(11-12-30(41)42)36-31(43)26-19-28(23-8-3-4-9-24(23)35-26)47-21-29(40)39-14-6-10-27(39)22-7-5-13-34-20-22/h3-5,7-9,13,19-20,25,27H,2,6,10-12,14-18,21H2,1H3,(H,36,43)(H,41,42)/t25?,27-/m0/s1. The average molecular weight is 647 g/mol. The van der Waals surface area contributed by atoms with Gasteiger partial charge < -0.3 is 34.6 Å². The van der Waals surface area contributed by atoms with E-state index in [9.17, 15) is 29.1 Å². The zero-order valence-corrected chi connectivity index (χ0v) is 26.2. The third kappa shape index (κ3) is 8.12. The molecule has 0 saturated carbocycles. The van der Waals surface area contributed by atoms with E-state index < -0.39 is 29.9 Å². The van der Waals surface area contributed by atoms with Crippen molar-refractivity contribution < 1.29 is 38.6 Å². The molecule has 1 unspecified atom stereocenters. The van der Waals surface area contributed by atoms with E-state index in [1.165, 1.54) is 15.9 Å². The van der Waals surface area contributed by atoms with Crippen LogP contribution in [0.15, 0.2) is 54.9 Å². The number of aromatic nitrogens is 2. The third-order valence-electron chi connectivity index (χ3n) is 8.27. The number of amides is 4. The Bertz CT molecular complexity index is 1610. The van der Waals surface area contributed by atoms with Crippen LogP contribution in [0.1, 0.15) is 54.7 Å². The molecule has 0 bridgehead atoms. The number of carbonyl (C=O) groups is 5. The van der Waals surface area contributed by atoms with Crippen LogP contribution in [0.2, 0.25) is 0 Å². The van der Waals surface area contributed by atoms with Gasteiger partial charge in [0.1, 0.15) is 17.5 Å². The first-order valence-corrected chi connectivity index (χ1v) is 15.7. The number of rotatable bonds is 11. The number of aliphatic carboxylic acids is 1. The first kappa shape index (κ1) is 33.1. The molecule has 4 amide bonds. The van der Waals surface area contributed by atoms with Gasteiger partial charge in [-0.1, -0.05) is 18.2 Å². The molecule has 47 heavy (non-hydrogen) atoms. The number of fused-ring (bicyclic) bond motifs is 1. The van der Waals surface area contributed by atoms with Crippen LogP contribution in [0, 0.1) is 0 Å². The topological polar surface area (TPSA) is 172 Å². The first-order valence-electron chi connectivity index (χ1n) is 15.7. The van der Waals surface area contributed by atoms with E-state index in [0.717, 1.165) is 18.4 Å². The van der Waals surface area contributed by atoms with Gasteiger partial charge in [-0.15, -0.1) is 0 Å². The van der Waals surface area contributed by atoms with E-state index >= 15 is 0 Å². The fraction of sp³-hybridized carbons (Fsp3) is 0.424. The maximum atomic E-state index is 13.5. The number of ether oxygens (including phenoxy) is 2. The summed E-state index contributed by atoms with van der Waals surface area (Å²) >= 11 is 0. The predicted octanol–water partition coefficient (Wildman–Crippen LogP) is 2.64. The lowest BCUT2D eigenvalue weighted by Gasteiger charge is -2.35. The second kappa shape index (κ2) is 15.3. The lowest BCUT2D eigenvalue weighted by atomic mass is 10.1. The Morgan fingerprint density at radius 3 is 2.51 bits per heavy atom. The maximum Gasteiger partial charge on any atom is 0.409 e. The molecular formula is C33H38N6O8. The zero-order chi connectivity index (χ0) is 33.3. The van der Waals surface area contributed by atoms with Crippen LogP contribution in [0.3, 0.4) is 0 Å². The molecule has 2 saturated heterocycles. The number of nitrogens with one attached hydrogen (secondary N) is 1. The van der Waals surface area contributed by atoms with E-state index in [0.29, 0.717) is 17.4 Å². The summed E-state index contributed by atoms with van der Waals surface area (Å²) in [5, 5.41) is 12.6. The molecule has 248 valence electrons. The van der Waals surface area contributed by atoms with Gasteiger partial charge in [-0.2, -0.15) is 0 Å². The smallest absolute Gasteiger partial charge is 0.409 e. The average Bonchev–Trinajstić information content (AvgIpc) is 3.59. The number of nitrogens with zero attached hydrogens (tertiary/aromatic N) is 5. The molecule has 2 aliphatic heterocycles. The highest BCUT2D eigenvalue weighted by Gasteiger charge is 2.32. The molecule has 4 heterocycles. The fourth-order valence-electron chi connectivity index (χ4n) is 5.89. The molecule has 3 aromatic rings. The van der Waals surface area contributed by atoms with Crippen LogP contribution in [0.4, 0.5) is 4.79 Å². The second-order valence-corrected chi connectivity index (χ2v) is 11.3. The normalized spacial score (nSPS) is 16.9. The molecule has 5 rings (SSSR count). The minimum Gasteiger partial charge on any atom is -0.483 e. The van der Waals surface area contributed by atoms with Crippen molar-refractivity contribution in [2.24, 2.45) is 0 Å². The van der Waals surface area contributed by atoms with Gasteiger partial charge in [-0.3, -0.25) is 24.2 Å². The number of benzene rings is 1. The molecule has 2 fully saturated rings. The van der Waals surface area contributed by atoms with Crippen LogP contribution in [0.25, 0.3) is 10.9 Å². The number of hydrogen-bond acceptors (Lipinski definition) is 9. The van der Waals surface area contributed by atoms with Crippen LogP contribution in [-0.4, -0.2) is 112 Å². The lowest BCUT2D eigenvalue weighted by Crippen LogP contribution is -2.56. The molecule has 0 spiro atoms. The van der Waals surface area contributed by atoms with Crippen molar-refractivity contribution in [1.29, 1.82) is 0 Å². The molecular weight excluding hydrogens is 608 g/mol. The van der Waals surface area contributed by atoms with Crippen LogP contribution in [-0.2, 0) is 19.1 Å². The zero-order valence-electron chi connectivity index (χ0n) is 26.2. The minimum atomic E-state index is -1.15. The Balaban J connectivity index is 1.30. The Labute approximate surface area is 271 Å². The predicted molar refractivity (Wildman–Crippen MR) is 168 cm³/mol. The number of piperazine rings is 1. The molecule has 0 aliphatic carbocycles. The molecule has 2 N–H and O–H groups in total. The highest BCUT2D eigenvalue weighted by atomic mass is 16.6. The van der Waals surface area contributed by atoms with Gasteiger partial charge >= 0.3 is 12.1 Å². The van der Waals surface area contributed by atoms with E-state index in [1.807, 2.05) is 12.1 Å². The summed E-state index contributed by atoms with van der Waals surface area (Å²) in [5.74, 6) is -2.20. The summed E-state index contributed by atoms with van der Waals surface area (Å²) in [6.45, 7) is 3.18. The Morgan fingerprint density at radius 2 is 1.79 bits per heavy atom. The number of carbonyl (C=O) groups excluding carboxylic acids is 4. The van der Waals surface area contributed by atoms with Gasteiger partial charge in [0.15, 0.2) is 6.61 Å². The molecule has 2 atom stereocenters. The van der Waals surface area contributed by atoms with Crippen molar-refractivity contribution in [3.8, 4) is 5.75 Å². The van der Waals surface area contributed by atoms with Gasteiger partial charge in [0.25, 0.3) is 11.8 Å². The number of hydrogen-bond donors (Lipinski definition) is 2. The molecule has 2 aromatic heterocycles. The molecule has 14 nitrogen and oxygen atoms in total. The van der Waals surface area contributed by atoms with Gasteiger partial charge in [0.2, 0.25) is 5.91 Å². The second-order valence-electron chi connectivity index (χ2n) is 11.3. The number of pyridine rings is 2. The van der Waals surface area contributed by atoms with Crippen LogP contribution < -0.4 is 10.1 Å². The number of carboxylic acids is 1. The Kier molecular flexibility index (Phi) is 10.8. The summed E-state index contributed by atoms with van der Waals surface area (Å²) in [4.78, 5) is 77.2. The van der Waals surface area contributed by atoms with E-state index in [4.69, 9.17) is 9.47 Å².